The molecule has 0 spiro atoms. The van der Waals surface area contributed by atoms with Crippen LogP contribution in [-0.2, 0) is 28.7 Å². The van der Waals surface area contributed by atoms with Gasteiger partial charge >= 0.3 is 6.18 Å². The number of piperazine rings is 1. The van der Waals surface area contributed by atoms with Gasteiger partial charge in [0.05, 0.1) is 27.7 Å². The summed E-state index contributed by atoms with van der Waals surface area (Å²) in [5.74, 6) is -1.08. The largest absolute Gasteiger partial charge is 0.504 e. The van der Waals surface area contributed by atoms with E-state index in [-0.39, 0.29) is 89.6 Å². The van der Waals surface area contributed by atoms with Gasteiger partial charge in [0, 0.05) is 45.2 Å². The molecule has 15 nitrogen and oxygen atoms in total. The Hall–Kier alpha value is -5.52. The summed E-state index contributed by atoms with van der Waals surface area (Å²) in [7, 11) is 0. The maximum atomic E-state index is 14.4. The Morgan fingerprint density at radius 2 is 1.77 bits per heavy atom. The number of anilines is 2. The lowest BCUT2D eigenvalue weighted by molar-refractivity contribution is -0.137. The third kappa shape index (κ3) is 7.53. The van der Waals surface area contributed by atoms with Crippen molar-refractivity contribution in [2.75, 3.05) is 49.5 Å². The van der Waals surface area contributed by atoms with E-state index in [1.807, 2.05) is 22.8 Å². The summed E-state index contributed by atoms with van der Waals surface area (Å²) in [5, 5.41) is 17.3. The third-order valence-corrected chi connectivity index (χ3v) is 10.9. The van der Waals surface area contributed by atoms with Crippen molar-refractivity contribution in [2.45, 2.75) is 65.1 Å². The second-order valence-electron chi connectivity index (χ2n) is 14.1. The van der Waals surface area contributed by atoms with Crippen molar-refractivity contribution < 1.29 is 32.7 Å². The predicted octanol–water partition coefficient (Wildman–Crippen LogP) is 4.34. The van der Waals surface area contributed by atoms with E-state index in [1.165, 1.54) is 11.2 Å². The summed E-state index contributed by atoms with van der Waals surface area (Å²) < 4.78 is 42.5. The Balaban J connectivity index is 1.21. The fourth-order valence-electron chi connectivity index (χ4n) is 7.56. The molecule has 4 aromatic rings. The number of fused-ring (bicyclic) bond motifs is 1. The van der Waals surface area contributed by atoms with Crippen LogP contribution in [0.1, 0.15) is 72.3 Å². The number of carbonyl (C=O) groups excluding carboxylic acids is 3. The van der Waals surface area contributed by atoms with Crippen molar-refractivity contribution in [1.29, 1.82) is 0 Å². The summed E-state index contributed by atoms with van der Waals surface area (Å²) in [5.41, 5.74) is 0.124. The van der Waals surface area contributed by atoms with E-state index < -0.39 is 35.7 Å². The molecule has 2 N–H and O–H groups in total. The van der Waals surface area contributed by atoms with Crippen molar-refractivity contribution in [3.63, 3.8) is 0 Å². The molecule has 0 radical (unpaired) electrons. The van der Waals surface area contributed by atoms with E-state index in [2.05, 4.69) is 20.4 Å². The van der Waals surface area contributed by atoms with E-state index in [4.69, 9.17) is 16.6 Å². The molecule has 19 heteroatoms. The highest BCUT2D eigenvalue weighted by Crippen LogP contribution is 2.35. The number of aromatic hydroxyl groups is 1. The fraction of sp³-hybridized carbons (Fsp3) is 0.459. The molecule has 3 amide bonds. The number of aromatic nitrogens is 6. The molecule has 1 unspecified atom stereocenters. The van der Waals surface area contributed by atoms with Crippen LogP contribution in [-0.4, -0.2) is 101 Å². The van der Waals surface area contributed by atoms with Gasteiger partial charge in [-0.15, -0.1) is 5.10 Å². The molecule has 7 rings (SSSR count). The third-order valence-electron chi connectivity index (χ3n) is 10.6. The van der Waals surface area contributed by atoms with Crippen molar-refractivity contribution in [2.24, 2.45) is 5.92 Å². The number of nitrogens with one attached hydrogen (secondary N) is 1. The monoisotopic (exact) mass is 796 g/mol. The number of carbonyl (C=O) groups is 3. The molecule has 0 bridgehead atoms. The van der Waals surface area contributed by atoms with Gasteiger partial charge in [0.25, 0.3) is 11.5 Å². The van der Waals surface area contributed by atoms with Gasteiger partial charge in [-0.3, -0.25) is 19.2 Å². The number of amides is 3. The van der Waals surface area contributed by atoms with Gasteiger partial charge in [0.15, 0.2) is 17.3 Å². The lowest BCUT2D eigenvalue weighted by Crippen LogP contribution is -2.51. The van der Waals surface area contributed by atoms with Gasteiger partial charge < -0.3 is 29.7 Å². The van der Waals surface area contributed by atoms with Gasteiger partial charge in [-0.2, -0.15) is 22.7 Å². The molecule has 296 valence electrons. The van der Waals surface area contributed by atoms with E-state index in [9.17, 15) is 37.5 Å². The van der Waals surface area contributed by atoms with Crippen molar-refractivity contribution in [3.8, 4) is 5.75 Å². The van der Waals surface area contributed by atoms with Crippen LogP contribution in [0.4, 0.5) is 24.5 Å². The van der Waals surface area contributed by atoms with Gasteiger partial charge in [-0.05, 0) is 69.2 Å². The van der Waals surface area contributed by atoms with Crippen LogP contribution >= 0.6 is 11.6 Å². The smallest absolute Gasteiger partial charge is 0.416 e. The van der Waals surface area contributed by atoms with E-state index in [1.54, 1.807) is 11.5 Å². The number of benzene rings is 1. The van der Waals surface area contributed by atoms with Crippen LogP contribution in [0.5, 0.6) is 5.75 Å². The molecular weight excluding hydrogens is 757 g/mol. The predicted molar refractivity (Wildman–Crippen MR) is 199 cm³/mol. The van der Waals surface area contributed by atoms with Gasteiger partial charge in [0.2, 0.25) is 17.6 Å². The zero-order chi connectivity index (χ0) is 39.9. The van der Waals surface area contributed by atoms with E-state index in [0.717, 1.165) is 54.2 Å². The van der Waals surface area contributed by atoms with Gasteiger partial charge in [0.1, 0.15) is 18.6 Å². The zero-order valence-electron chi connectivity index (χ0n) is 30.8. The van der Waals surface area contributed by atoms with Crippen LogP contribution < -0.4 is 15.8 Å². The molecule has 1 aliphatic carbocycles. The Morgan fingerprint density at radius 1 is 1.04 bits per heavy atom. The average Bonchev–Trinajstić information content (AvgIpc) is 3.89. The van der Waals surface area contributed by atoms with Crippen molar-refractivity contribution in [1.82, 2.24) is 38.9 Å². The standard InChI is InChI=1S/C37H40ClF3N10O5/c1-3-27-30(47-14-16-49(17-15-47)34(55)29-31(53)21(2)42-20-43-29)35(56)51-36(50(27)19-28(52)44-26-11-10-24(18-25(26)38)37(39,40)41)45-32(46-51)22-6-8-23(9-7-22)33(54)48-12-4-5-13-48/h6,10-11,18,20,23,53H,3-5,7-9,12-17,19H2,1-2H3,(H,44,52). The normalized spacial score (nSPS) is 17.7. The number of alkyl halides is 3. The highest BCUT2D eigenvalue weighted by atomic mass is 35.5. The molecular formula is C37H40ClF3N10O5. The summed E-state index contributed by atoms with van der Waals surface area (Å²) in [6, 6.07) is 2.62. The Labute approximate surface area is 323 Å². The number of halogens is 4. The molecule has 5 heterocycles. The Morgan fingerprint density at radius 3 is 2.41 bits per heavy atom. The van der Waals surface area contributed by atoms with Gasteiger partial charge in [-0.1, -0.05) is 24.6 Å². The summed E-state index contributed by atoms with van der Waals surface area (Å²) >= 11 is 6.15. The molecule has 2 saturated heterocycles. The highest BCUT2D eigenvalue weighted by molar-refractivity contribution is 6.33. The molecule has 1 aromatic carbocycles. The van der Waals surface area contributed by atoms with E-state index in [0.29, 0.717) is 25.0 Å². The van der Waals surface area contributed by atoms with Crippen LogP contribution in [0.3, 0.4) is 0 Å². The van der Waals surface area contributed by atoms with Crippen LogP contribution in [0.25, 0.3) is 11.4 Å². The number of hydrogen-bond donors (Lipinski definition) is 2. The number of aryl methyl sites for hydroxylation is 1. The Kier molecular flexibility index (Phi) is 10.8. The highest BCUT2D eigenvalue weighted by Gasteiger charge is 2.33. The van der Waals surface area contributed by atoms with Gasteiger partial charge in [-0.25, -0.2) is 9.97 Å². The molecule has 0 saturated carbocycles. The zero-order valence-corrected chi connectivity index (χ0v) is 31.5. The first-order valence-corrected chi connectivity index (χ1v) is 18.8. The molecule has 56 heavy (non-hydrogen) atoms. The summed E-state index contributed by atoms with van der Waals surface area (Å²) in [6.07, 6.45) is 2.38. The number of rotatable bonds is 8. The van der Waals surface area contributed by atoms with Crippen LogP contribution in [0, 0.1) is 12.8 Å². The summed E-state index contributed by atoms with van der Waals surface area (Å²) in [6.45, 7) is 5.31. The molecule has 3 aliphatic rings. The SMILES string of the molecule is CCc1c(N2CCN(C(=O)c3ncnc(C)c3O)CC2)c(=O)n2nc(C3=CCC(C(=O)N4CCCC4)CC3)nc2n1CC(=O)Nc1ccc(C(F)(F)F)cc1Cl. The second-order valence-corrected chi connectivity index (χ2v) is 14.5. The van der Waals surface area contributed by atoms with E-state index >= 15 is 0 Å². The lowest BCUT2D eigenvalue weighted by atomic mass is 9.88. The minimum Gasteiger partial charge on any atom is -0.504 e. The minimum atomic E-state index is -4.63. The quantitative estimate of drug-likeness (QED) is 0.262. The van der Waals surface area contributed by atoms with Crippen LogP contribution in [0.15, 0.2) is 35.4 Å². The number of nitrogens with zero attached hydrogens (tertiary/aromatic N) is 9. The first-order chi connectivity index (χ1) is 26.7. The lowest BCUT2D eigenvalue weighted by Gasteiger charge is -2.36. The number of allylic oxidation sites excluding steroid dienone is 2. The number of likely N-dealkylation sites (tertiary alicyclic amines) is 1. The minimum absolute atomic E-state index is 0.0294. The second kappa shape index (κ2) is 15.5. The van der Waals surface area contributed by atoms with Crippen molar-refractivity contribution >= 4 is 52.0 Å². The molecule has 2 fully saturated rings. The maximum absolute atomic E-state index is 14.4. The van der Waals surface area contributed by atoms with Crippen molar-refractivity contribution in [3.05, 3.63) is 74.4 Å². The topological polar surface area (TPSA) is 171 Å². The molecule has 3 aromatic heterocycles. The molecule has 1 atom stereocenters. The Bertz CT molecular complexity index is 2290. The first-order valence-electron chi connectivity index (χ1n) is 18.5. The molecule has 2 aliphatic heterocycles. The first kappa shape index (κ1) is 38.7. The summed E-state index contributed by atoms with van der Waals surface area (Å²) in [4.78, 5) is 72.3. The maximum Gasteiger partial charge on any atom is 0.416 e. The number of hydrogen-bond acceptors (Lipinski definition) is 10. The fourth-order valence-corrected chi connectivity index (χ4v) is 7.78. The average molecular weight is 797 g/mol. The van der Waals surface area contributed by atoms with Crippen LogP contribution in [0.2, 0.25) is 5.02 Å².